The first kappa shape index (κ1) is 16.8. The topological polar surface area (TPSA) is 56.2 Å². The minimum absolute atomic E-state index is 0.200. The second-order valence-electron chi connectivity index (χ2n) is 4.51. The summed E-state index contributed by atoms with van der Waals surface area (Å²) in [6.07, 6.45) is 5.90. The summed E-state index contributed by atoms with van der Waals surface area (Å²) >= 11 is 0. The van der Waals surface area contributed by atoms with Gasteiger partial charge in [0.1, 0.15) is 17.9 Å². The molecule has 1 aromatic rings. The molecule has 0 atom stereocenters. The molecule has 5 heteroatoms. The molecule has 0 aromatic heterocycles. The Balaban J connectivity index is 2.97. The molecule has 0 saturated carbocycles. The zero-order valence-corrected chi connectivity index (χ0v) is 12.3. The third-order valence-corrected chi connectivity index (χ3v) is 2.92. The summed E-state index contributed by atoms with van der Waals surface area (Å²) in [5, 5.41) is 10.9. The number of likely N-dealkylation sites (N-methyl/N-ethyl adjacent to an activating group) is 1. The van der Waals surface area contributed by atoms with Crippen molar-refractivity contribution in [1.82, 2.24) is 10.2 Å². The average molecular weight is 289 g/mol. The lowest BCUT2D eigenvalue weighted by Crippen LogP contribution is -2.19. The minimum atomic E-state index is -0.276. The molecule has 2 N–H and O–H groups in total. The molecule has 0 radical (unpaired) electrons. The summed E-state index contributed by atoms with van der Waals surface area (Å²) in [6.45, 7) is 0.772. The fourth-order valence-electron chi connectivity index (χ4n) is 1.76. The van der Waals surface area contributed by atoms with Crippen molar-refractivity contribution < 1.29 is 9.18 Å². The van der Waals surface area contributed by atoms with E-state index in [1.807, 2.05) is 13.2 Å². The van der Waals surface area contributed by atoms with E-state index < -0.39 is 0 Å². The molecule has 21 heavy (non-hydrogen) atoms. The smallest absolute Gasteiger partial charge is 0.142 e. The van der Waals surface area contributed by atoms with E-state index in [4.69, 9.17) is 5.41 Å². The lowest BCUT2D eigenvalue weighted by Gasteiger charge is -2.16. The van der Waals surface area contributed by atoms with Crippen molar-refractivity contribution in [2.45, 2.75) is 6.42 Å². The zero-order chi connectivity index (χ0) is 15.7. The highest BCUT2D eigenvalue weighted by Gasteiger charge is 2.05. The average Bonchev–Trinajstić information content (AvgIpc) is 2.49. The highest BCUT2D eigenvalue weighted by Crippen LogP contribution is 2.19. The van der Waals surface area contributed by atoms with E-state index in [-0.39, 0.29) is 11.7 Å². The Labute approximate surface area is 124 Å². The van der Waals surface area contributed by atoms with Crippen LogP contribution < -0.4 is 5.32 Å². The van der Waals surface area contributed by atoms with E-state index >= 15 is 0 Å². The predicted octanol–water partition coefficient (Wildman–Crippen LogP) is 2.44. The van der Waals surface area contributed by atoms with Crippen LogP contribution in [0.15, 0.2) is 42.6 Å². The number of amidine groups is 1. The normalized spacial score (nSPS) is 11.7. The SMILES string of the molecule is CNCC/C(=C/N(C)C(=N)/C=C\C=O)c1ccc(F)cc1. The zero-order valence-electron chi connectivity index (χ0n) is 12.3. The van der Waals surface area contributed by atoms with Crippen LogP contribution in [0.4, 0.5) is 4.39 Å². The molecule has 1 rings (SSSR count). The number of halogens is 1. The number of benzene rings is 1. The molecule has 0 heterocycles. The molecule has 0 fully saturated rings. The first-order valence-electron chi connectivity index (χ1n) is 6.63. The van der Waals surface area contributed by atoms with Gasteiger partial charge in [-0.2, -0.15) is 0 Å². The van der Waals surface area contributed by atoms with Crippen molar-refractivity contribution in [3.05, 3.63) is 54.0 Å². The summed E-state index contributed by atoms with van der Waals surface area (Å²) in [6, 6.07) is 6.27. The molecule has 4 nitrogen and oxygen atoms in total. The number of aldehydes is 1. The van der Waals surface area contributed by atoms with Crippen molar-refractivity contribution in [1.29, 1.82) is 5.41 Å². The van der Waals surface area contributed by atoms with Gasteiger partial charge < -0.3 is 10.2 Å². The maximum absolute atomic E-state index is 13.0. The third-order valence-electron chi connectivity index (χ3n) is 2.92. The maximum atomic E-state index is 13.0. The van der Waals surface area contributed by atoms with Gasteiger partial charge in [0.2, 0.25) is 0 Å². The summed E-state index contributed by atoms with van der Waals surface area (Å²) in [5.74, 6) is -0.0760. The van der Waals surface area contributed by atoms with E-state index in [1.165, 1.54) is 24.3 Å². The van der Waals surface area contributed by atoms with Gasteiger partial charge in [-0.15, -0.1) is 0 Å². The van der Waals surface area contributed by atoms with Gasteiger partial charge in [-0.3, -0.25) is 10.2 Å². The molecule has 0 spiro atoms. The first-order valence-corrected chi connectivity index (χ1v) is 6.63. The highest BCUT2D eigenvalue weighted by molar-refractivity contribution is 5.94. The van der Waals surface area contributed by atoms with Crippen LogP contribution in [-0.4, -0.2) is 37.7 Å². The largest absolute Gasteiger partial charge is 0.336 e. The van der Waals surface area contributed by atoms with E-state index in [1.54, 1.807) is 24.1 Å². The second kappa shape index (κ2) is 8.81. The fourth-order valence-corrected chi connectivity index (χ4v) is 1.76. The Morgan fingerprint density at radius 2 is 2.05 bits per heavy atom. The number of rotatable bonds is 7. The number of hydrogen-bond acceptors (Lipinski definition) is 3. The van der Waals surface area contributed by atoms with Crippen LogP contribution in [0, 0.1) is 11.2 Å². The molecule has 1 aromatic carbocycles. The standard InChI is InChI=1S/C16H20FN3O/c1-19-10-9-14(13-5-7-15(17)8-6-13)12-20(2)16(18)4-3-11-21/h3-8,11-12,18-19H,9-10H2,1-2H3/b4-3-,14-12-,18-16?. The Hall–Kier alpha value is -2.27. The van der Waals surface area contributed by atoms with Gasteiger partial charge in [-0.25, -0.2) is 4.39 Å². The molecule has 0 amide bonds. The van der Waals surface area contributed by atoms with Gasteiger partial charge in [0.15, 0.2) is 0 Å². The van der Waals surface area contributed by atoms with Gasteiger partial charge in [-0.05, 0) is 55.4 Å². The van der Waals surface area contributed by atoms with Crippen LogP contribution in [0.5, 0.6) is 0 Å². The number of nitrogens with zero attached hydrogens (tertiary/aromatic N) is 1. The van der Waals surface area contributed by atoms with Crippen LogP contribution in [0.1, 0.15) is 12.0 Å². The molecule has 0 bridgehead atoms. The van der Waals surface area contributed by atoms with Crippen LogP contribution >= 0.6 is 0 Å². The van der Waals surface area contributed by atoms with E-state index in [2.05, 4.69) is 5.32 Å². The molecular formula is C16H20FN3O. The van der Waals surface area contributed by atoms with Gasteiger partial charge >= 0.3 is 0 Å². The molecule has 112 valence electrons. The molecular weight excluding hydrogens is 269 g/mol. The summed E-state index contributed by atoms with van der Waals surface area (Å²) < 4.78 is 13.0. The number of allylic oxidation sites excluding steroid dienone is 1. The van der Waals surface area contributed by atoms with Crippen LogP contribution in [0.2, 0.25) is 0 Å². The quantitative estimate of drug-likeness (QED) is 0.351. The Morgan fingerprint density at radius 1 is 1.38 bits per heavy atom. The Morgan fingerprint density at radius 3 is 2.62 bits per heavy atom. The number of hydrogen-bond donors (Lipinski definition) is 2. The van der Waals surface area contributed by atoms with E-state index in [9.17, 15) is 9.18 Å². The van der Waals surface area contributed by atoms with Crippen LogP contribution in [0.3, 0.4) is 0 Å². The highest BCUT2D eigenvalue weighted by atomic mass is 19.1. The molecule has 0 aliphatic heterocycles. The van der Waals surface area contributed by atoms with Gasteiger partial charge in [0.05, 0.1) is 0 Å². The fraction of sp³-hybridized carbons (Fsp3) is 0.250. The molecule has 0 aliphatic rings. The van der Waals surface area contributed by atoms with Crippen molar-refractivity contribution in [3.63, 3.8) is 0 Å². The maximum Gasteiger partial charge on any atom is 0.142 e. The Kier molecular flexibility index (Phi) is 7.04. The number of nitrogens with one attached hydrogen (secondary N) is 2. The molecule has 0 aliphatic carbocycles. The summed E-state index contributed by atoms with van der Waals surface area (Å²) in [4.78, 5) is 11.9. The Bertz CT molecular complexity index is 535. The molecule has 0 saturated heterocycles. The van der Waals surface area contributed by atoms with E-state index in [0.717, 1.165) is 24.1 Å². The van der Waals surface area contributed by atoms with Crippen molar-refractivity contribution in [2.24, 2.45) is 0 Å². The molecule has 0 unspecified atom stereocenters. The van der Waals surface area contributed by atoms with Gasteiger partial charge in [-0.1, -0.05) is 12.1 Å². The van der Waals surface area contributed by atoms with Gasteiger partial charge in [0, 0.05) is 13.2 Å². The van der Waals surface area contributed by atoms with Crippen molar-refractivity contribution in [3.8, 4) is 0 Å². The summed E-state index contributed by atoms with van der Waals surface area (Å²) in [7, 11) is 3.60. The first-order chi connectivity index (χ1) is 10.1. The number of carbonyl (C=O) groups excluding carboxylic acids is 1. The summed E-state index contributed by atoms with van der Waals surface area (Å²) in [5.41, 5.74) is 1.89. The van der Waals surface area contributed by atoms with E-state index in [0.29, 0.717) is 6.29 Å². The van der Waals surface area contributed by atoms with Crippen molar-refractivity contribution >= 4 is 17.7 Å². The van der Waals surface area contributed by atoms with Crippen LogP contribution in [0.25, 0.3) is 5.57 Å². The number of carbonyl (C=O) groups is 1. The van der Waals surface area contributed by atoms with Crippen molar-refractivity contribution in [2.75, 3.05) is 20.6 Å². The van der Waals surface area contributed by atoms with Crippen LogP contribution in [-0.2, 0) is 4.79 Å². The van der Waals surface area contributed by atoms with Gasteiger partial charge in [0.25, 0.3) is 0 Å². The minimum Gasteiger partial charge on any atom is -0.336 e. The lowest BCUT2D eigenvalue weighted by molar-refractivity contribution is -0.104. The third kappa shape index (κ3) is 5.71. The second-order valence-corrected chi connectivity index (χ2v) is 4.51. The predicted molar refractivity (Wildman–Crippen MR) is 83.6 cm³/mol. The monoisotopic (exact) mass is 289 g/mol. The lowest BCUT2D eigenvalue weighted by atomic mass is 10.0.